The second kappa shape index (κ2) is 10.9. The number of nitrogens with zero attached hydrogens (tertiary/aromatic N) is 3. The Hall–Kier alpha value is -4.37. The summed E-state index contributed by atoms with van der Waals surface area (Å²) in [6.45, 7) is 2.13. The zero-order valence-electron chi connectivity index (χ0n) is 20.7. The van der Waals surface area contributed by atoms with Gasteiger partial charge >= 0.3 is 0 Å². The molecule has 5 rings (SSSR count). The van der Waals surface area contributed by atoms with Crippen LogP contribution in [0.1, 0.15) is 29.7 Å². The van der Waals surface area contributed by atoms with E-state index in [0.29, 0.717) is 35.3 Å². The minimum Gasteiger partial charge on any atom is -0.493 e. The van der Waals surface area contributed by atoms with Gasteiger partial charge in [0.05, 0.1) is 17.7 Å². The monoisotopic (exact) mass is 533 g/mol. The molecule has 2 heterocycles. The lowest BCUT2D eigenvalue weighted by molar-refractivity contribution is -0.118. The van der Waals surface area contributed by atoms with E-state index in [1.807, 2.05) is 43.3 Å². The molecule has 0 bridgehead atoms. The highest BCUT2D eigenvalue weighted by atomic mass is 35.5. The van der Waals surface area contributed by atoms with Gasteiger partial charge in [-0.1, -0.05) is 54.1 Å². The third-order valence-electron chi connectivity index (χ3n) is 6.27. The molecule has 3 aromatic carbocycles. The molecule has 4 aromatic rings. The van der Waals surface area contributed by atoms with E-state index in [9.17, 15) is 9.18 Å². The van der Waals surface area contributed by atoms with Gasteiger partial charge in [0.15, 0.2) is 11.5 Å². The number of methoxy groups -OCH3 is 1. The molecule has 1 aliphatic heterocycles. The number of halogens is 2. The van der Waals surface area contributed by atoms with Crippen LogP contribution in [0.4, 0.5) is 10.3 Å². The Labute approximate surface area is 224 Å². The second-order valence-corrected chi connectivity index (χ2v) is 9.07. The smallest absolute Gasteiger partial charge is 0.251 e. The molecule has 1 aliphatic rings. The Bertz CT molecular complexity index is 1490. The number of aromatic nitrogens is 3. The number of ether oxygens (including phenoxy) is 2. The molecule has 1 amide bonds. The standard InChI is InChI=1S/C28H25ClFN5O3/c1-17-25(27(36)31-14-18-7-4-3-5-8-18)26(35-28(34-17)32-16-33-35)19-11-12-23(24(13-19)37-2)38-15-20-21(29)9-6-10-22(20)30/h3-13,16,26H,14-15H2,1-2H3,(H,31,36)(H,32,33,34)/t26-/m0/s1. The lowest BCUT2D eigenvalue weighted by atomic mass is 9.94. The van der Waals surface area contributed by atoms with Crippen LogP contribution in [-0.4, -0.2) is 27.8 Å². The van der Waals surface area contributed by atoms with E-state index in [0.717, 1.165) is 11.1 Å². The summed E-state index contributed by atoms with van der Waals surface area (Å²) in [5.74, 6) is 0.642. The molecule has 1 aromatic heterocycles. The van der Waals surface area contributed by atoms with Crippen LogP contribution in [-0.2, 0) is 17.9 Å². The van der Waals surface area contributed by atoms with Gasteiger partial charge in [0.1, 0.15) is 24.8 Å². The Morgan fingerprint density at radius 1 is 1.13 bits per heavy atom. The largest absolute Gasteiger partial charge is 0.493 e. The van der Waals surface area contributed by atoms with Crippen molar-refractivity contribution in [3.8, 4) is 11.5 Å². The Balaban J connectivity index is 1.44. The van der Waals surface area contributed by atoms with Crippen molar-refractivity contribution in [3.63, 3.8) is 0 Å². The molecular formula is C28H25ClFN5O3. The lowest BCUT2D eigenvalue weighted by Crippen LogP contribution is -2.34. The van der Waals surface area contributed by atoms with E-state index < -0.39 is 11.9 Å². The predicted octanol–water partition coefficient (Wildman–Crippen LogP) is 5.26. The summed E-state index contributed by atoms with van der Waals surface area (Å²) in [4.78, 5) is 17.7. The molecule has 0 saturated heterocycles. The SMILES string of the molecule is COc1cc([C@H]2C(C(=O)NCc3ccccc3)=C(C)Nc3ncnn32)ccc1OCc1c(F)cccc1Cl. The zero-order valence-corrected chi connectivity index (χ0v) is 21.5. The number of fused-ring (bicyclic) bond motifs is 1. The maximum Gasteiger partial charge on any atom is 0.251 e. The lowest BCUT2D eigenvalue weighted by Gasteiger charge is -2.29. The van der Waals surface area contributed by atoms with Crippen molar-refractivity contribution in [1.82, 2.24) is 20.1 Å². The molecule has 8 nitrogen and oxygen atoms in total. The molecule has 38 heavy (non-hydrogen) atoms. The first kappa shape index (κ1) is 25.3. The van der Waals surface area contributed by atoms with Crippen molar-refractivity contribution >= 4 is 23.5 Å². The number of carbonyl (C=O) groups excluding carboxylic acids is 1. The third kappa shape index (κ3) is 5.05. The maximum atomic E-state index is 14.2. The van der Waals surface area contributed by atoms with Crippen molar-refractivity contribution in [1.29, 1.82) is 0 Å². The van der Waals surface area contributed by atoms with Crippen molar-refractivity contribution < 1.29 is 18.7 Å². The van der Waals surface area contributed by atoms with Crippen LogP contribution in [0.3, 0.4) is 0 Å². The first-order valence-electron chi connectivity index (χ1n) is 11.9. The zero-order chi connectivity index (χ0) is 26.6. The Kier molecular flexibility index (Phi) is 7.28. The van der Waals surface area contributed by atoms with Gasteiger partial charge in [0, 0.05) is 17.8 Å². The van der Waals surface area contributed by atoms with Gasteiger partial charge in [0.25, 0.3) is 5.91 Å². The number of rotatable bonds is 8. The topological polar surface area (TPSA) is 90.3 Å². The highest BCUT2D eigenvalue weighted by Gasteiger charge is 2.34. The number of anilines is 1. The van der Waals surface area contributed by atoms with Gasteiger partial charge in [-0.3, -0.25) is 4.79 Å². The number of hydrogen-bond donors (Lipinski definition) is 2. The van der Waals surface area contributed by atoms with Crippen LogP contribution in [0.15, 0.2) is 84.3 Å². The van der Waals surface area contributed by atoms with E-state index in [1.54, 1.807) is 22.9 Å². The van der Waals surface area contributed by atoms with Gasteiger partial charge in [-0.05, 0) is 42.3 Å². The highest BCUT2D eigenvalue weighted by Crippen LogP contribution is 2.39. The Morgan fingerprint density at radius 3 is 2.71 bits per heavy atom. The van der Waals surface area contributed by atoms with Crippen molar-refractivity contribution in [2.45, 2.75) is 26.1 Å². The van der Waals surface area contributed by atoms with E-state index in [4.69, 9.17) is 21.1 Å². The molecule has 0 spiro atoms. The summed E-state index contributed by atoms with van der Waals surface area (Å²) in [7, 11) is 1.51. The molecular weight excluding hydrogens is 509 g/mol. The fourth-order valence-corrected chi connectivity index (χ4v) is 4.58. The molecule has 1 atom stereocenters. The number of allylic oxidation sites excluding steroid dienone is 1. The fraction of sp³-hybridized carbons (Fsp3) is 0.179. The minimum atomic E-state index is -0.575. The summed E-state index contributed by atoms with van der Waals surface area (Å²) >= 11 is 6.14. The van der Waals surface area contributed by atoms with E-state index in [1.165, 1.54) is 25.6 Å². The van der Waals surface area contributed by atoms with Crippen molar-refractivity contribution in [2.75, 3.05) is 12.4 Å². The van der Waals surface area contributed by atoms with E-state index >= 15 is 0 Å². The molecule has 0 unspecified atom stereocenters. The van der Waals surface area contributed by atoms with E-state index in [2.05, 4.69) is 20.7 Å². The average Bonchev–Trinajstić information content (AvgIpc) is 3.39. The first-order valence-corrected chi connectivity index (χ1v) is 12.3. The summed E-state index contributed by atoms with van der Waals surface area (Å²) in [6.07, 6.45) is 1.43. The van der Waals surface area contributed by atoms with Gasteiger partial charge in [-0.2, -0.15) is 10.1 Å². The van der Waals surface area contributed by atoms with Crippen LogP contribution < -0.4 is 20.1 Å². The average molecular weight is 534 g/mol. The minimum absolute atomic E-state index is 0.0755. The number of benzene rings is 3. The van der Waals surface area contributed by atoms with Crippen LogP contribution in [0.5, 0.6) is 11.5 Å². The summed E-state index contributed by atoms with van der Waals surface area (Å²) in [5, 5.41) is 10.8. The fourth-order valence-electron chi connectivity index (χ4n) is 4.36. The van der Waals surface area contributed by atoms with Crippen LogP contribution >= 0.6 is 11.6 Å². The number of carbonyl (C=O) groups is 1. The van der Waals surface area contributed by atoms with Gasteiger partial charge < -0.3 is 20.1 Å². The van der Waals surface area contributed by atoms with Gasteiger partial charge in [-0.25, -0.2) is 9.07 Å². The predicted molar refractivity (Wildman–Crippen MR) is 142 cm³/mol. The maximum absolute atomic E-state index is 14.2. The van der Waals surface area contributed by atoms with Gasteiger partial charge in [-0.15, -0.1) is 0 Å². The molecule has 10 heteroatoms. The summed E-state index contributed by atoms with van der Waals surface area (Å²) in [5.41, 5.74) is 3.12. The summed E-state index contributed by atoms with van der Waals surface area (Å²) in [6, 6.07) is 18.9. The van der Waals surface area contributed by atoms with Crippen LogP contribution in [0.25, 0.3) is 0 Å². The number of amides is 1. The van der Waals surface area contributed by atoms with E-state index in [-0.39, 0.29) is 23.1 Å². The third-order valence-corrected chi connectivity index (χ3v) is 6.63. The Morgan fingerprint density at radius 2 is 1.95 bits per heavy atom. The quantitative estimate of drug-likeness (QED) is 0.321. The van der Waals surface area contributed by atoms with Gasteiger partial charge in [0.2, 0.25) is 5.95 Å². The second-order valence-electron chi connectivity index (χ2n) is 8.66. The molecule has 0 fully saturated rings. The van der Waals surface area contributed by atoms with Crippen molar-refractivity contribution in [2.24, 2.45) is 0 Å². The molecule has 0 radical (unpaired) electrons. The molecule has 2 N–H and O–H groups in total. The highest BCUT2D eigenvalue weighted by molar-refractivity contribution is 6.31. The number of hydrogen-bond acceptors (Lipinski definition) is 6. The molecule has 194 valence electrons. The summed E-state index contributed by atoms with van der Waals surface area (Å²) < 4.78 is 27.3. The first-order chi connectivity index (χ1) is 18.5. The number of nitrogens with one attached hydrogen (secondary N) is 2. The molecule has 0 aliphatic carbocycles. The van der Waals surface area contributed by atoms with Crippen LogP contribution in [0.2, 0.25) is 5.02 Å². The van der Waals surface area contributed by atoms with Crippen LogP contribution in [0, 0.1) is 5.82 Å². The molecule has 0 saturated carbocycles. The normalized spacial score (nSPS) is 14.5. The van der Waals surface area contributed by atoms with Crippen molar-refractivity contribution in [3.05, 3.63) is 112 Å².